The lowest BCUT2D eigenvalue weighted by Crippen LogP contribution is -2.31. The Balaban J connectivity index is 2.23. The number of carbonyl (C=O) groups excluding carboxylic acids is 1. The second-order valence-corrected chi connectivity index (χ2v) is 4.72. The molecule has 2 atom stereocenters. The fourth-order valence-electron chi connectivity index (χ4n) is 2.53. The van der Waals surface area contributed by atoms with E-state index in [1.165, 1.54) is 5.56 Å². The number of amides is 1. The molecule has 1 fully saturated rings. The number of nitrogen functional groups attached to an aromatic ring is 1. The molecule has 0 unspecified atom stereocenters. The van der Waals surface area contributed by atoms with Crippen LogP contribution in [0.5, 0.6) is 0 Å². The van der Waals surface area contributed by atoms with Crippen LogP contribution in [0.15, 0.2) is 24.3 Å². The summed E-state index contributed by atoms with van der Waals surface area (Å²) < 4.78 is 0. The van der Waals surface area contributed by atoms with Gasteiger partial charge in [0.25, 0.3) is 0 Å². The van der Waals surface area contributed by atoms with Gasteiger partial charge in [-0.05, 0) is 24.7 Å². The minimum absolute atomic E-state index is 0.0358. The van der Waals surface area contributed by atoms with E-state index >= 15 is 0 Å². The molecule has 2 rings (SSSR count). The maximum Gasteiger partial charge on any atom is 0.224 e. The van der Waals surface area contributed by atoms with Crippen molar-refractivity contribution in [2.45, 2.75) is 5.92 Å². The smallest absolute Gasteiger partial charge is 0.224 e. The van der Waals surface area contributed by atoms with Crippen molar-refractivity contribution in [3.8, 4) is 0 Å². The number of hydrogen-bond donors (Lipinski definition) is 2. The summed E-state index contributed by atoms with van der Waals surface area (Å²) >= 11 is 0. The third-order valence-corrected chi connectivity index (χ3v) is 3.45. The van der Waals surface area contributed by atoms with E-state index in [9.17, 15) is 4.79 Å². The van der Waals surface area contributed by atoms with Gasteiger partial charge in [0, 0.05) is 31.7 Å². The highest BCUT2D eigenvalue weighted by molar-refractivity contribution is 5.80. The molecular formula is C13H19N3O. The number of hydrogen-bond acceptors (Lipinski definition) is 3. The standard InChI is InChI=1S/C13H19N3O/c1-15-13(17)12-8-16(2)7-11(12)9-3-5-10(14)6-4-9/h3-6,11-12H,7-8,14H2,1-2H3,(H,15,17)/t11-,12+/m0/s1. The summed E-state index contributed by atoms with van der Waals surface area (Å²) in [5.41, 5.74) is 7.64. The van der Waals surface area contributed by atoms with E-state index in [1.807, 2.05) is 31.3 Å². The lowest BCUT2D eigenvalue weighted by molar-refractivity contribution is -0.124. The van der Waals surface area contributed by atoms with Crippen LogP contribution in [0, 0.1) is 5.92 Å². The van der Waals surface area contributed by atoms with E-state index < -0.39 is 0 Å². The zero-order chi connectivity index (χ0) is 12.4. The fraction of sp³-hybridized carbons (Fsp3) is 0.462. The molecule has 1 heterocycles. The van der Waals surface area contributed by atoms with E-state index in [1.54, 1.807) is 7.05 Å². The van der Waals surface area contributed by atoms with E-state index in [2.05, 4.69) is 10.2 Å². The highest BCUT2D eigenvalue weighted by Crippen LogP contribution is 2.32. The first-order valence-corrected chi connectivity index (χ1v) is 5.87. The van der Waals surface area contributed by atoms with Gasteiger partial charge in [0.15, 0.2) is 0 Å². The number of nitrogens with zero attached hydrogens (tertiary/aromatic N) is 1. The van der Waals surface area contributed by atoms with E-state index in [0.717, 1.165) is 18.8 Å². The van der Waals surface area contributed by atoms with Crippen molar-refractivity contribution in [1.29, 1.82) is 0 Å². The van der Waals surface area contributed by atoms with Crippen LogP contribution in [-0.4, -0.2) is 38.0 Å². The van der Waals surface area contributed by atoms with Crippen LogP contribution in [0.1, 0.15) is 11.5 Å². The molecule has 1 aromatic carbocycles. The molecule has 4 heteroatoms. The van der Waals surface area contributed by atoms with Gasteiger partial charge >= 0.3 is 0 Å². The van der Waals surface area contributed by atoms with Crippen molar-refractivity contribution in [1.82, 2.24) is 10.2 Å². The molecule has 0 radical (unpaired) electrons. The summed E-state index contributed by atoms with van der Waals surface area (Å²) in [6, 6.07) is 7.84. The SMILES string of the molecule is CNC(=O)[C@@H]1CN(C)C[C@H]1c1ccc(N)cc1. The summed E-state index contributed by atoms with van der Waals surface area (Å²) in [6.07, 6.45) is 0. The summed E-state index contributed by atoms with van der Waals surface area (Å²) in [7, 11) is 3.74. The van der Waals surface area contributed by atoms with Crippen molar-refractivity contribution in [3.05, 3.63) is 29.8 Å². The van der Waals surface area contributed by atoms with Gasteiger partial charge in [-0.3, -0.25) is 4.79 Å². The summed E-state index contributed by atoms with van der Waals surface area (Å²) in [5, 5.41) is 2.75. The molecule has 1 aromatic rings. The molecule has 0 aliphatic carbocycles. The molecule has 4 nitrogen and oxygen atoms in total. The second kappa shape index (κ2) is 4.75. The quantitative estimate of drug-likeness (QED) is 0.738. The fourth-order valence-corrected chi connectivity index (χ4v) is 2.53. The lowest BCUT2D eigenvalue weighted by Gasteiger charge is -2.17. The van der Waals surface area contributed by atoms with Crippen LogP contribution in [0.2, 0.25) is 0 Å². The van der Waals surface area contributed by atoms with Crippen molar-refractivity contribution in [3.63, 3.8) is 0 Å². The third-order valence-electron chi connectivity index (χ3n) is 3.45. The predicted octanol–water partition coefficient (Wildman–Crippen LogP) is 0.660. The molecule has 1 amide bonds. The summed E-state index contributed by atoms with van der Waals surface area (Å²) in [5.74, 6) is 0.422. The molecule has 1 saturated heterocycles. The van der Waals surface area contributed by atoms with Crippen molar-refractivity contribution >= 4 is 11.6 Å². The van der Waals surface area contributed by atoms with Gasteiger partial charge in [-0.15, -0.1) is 0 Å². The van der Waals surface area contributed by atoms with Gasteiger partial charge in [-0.25, -0.2) is 0 Å². The first-order valence-electron chi connectivity index (χ1n) is 5.87. The molecule has 1 aliphatic heterocycles. The number of carbonyl (C=O) groups is 1. The number of benzene rings is 1. The van der Waals surface area contributed by atoms with Gasteiger partial charge in [0.2, 0.25) is 5.91 Å². The topological polar surface area (TPSA) is 58.4 Å². The summed E-state index contributed by atoms with van der Waals surface area (Å²) in [4.78, 5) is 14.0. The van der Waals surface area contributed by atoms with Crippen molar-refractivity contribution < 1.29 is 4.79 Å². The molecule has 1 aliphatic rings. The summed E-state index contributed by atoms with van der Waals surface area (Å²) in [6.45, 7) is 1.73. The van der Waals surface area contributed by atoms with Crippen LogP contribution in [0.25, 0.3) is 0 Å². The molecule has 0 bridgehead atoms. The van der Waals surface area contributed by atoms with Gasteiger partial charge in [0.05, 0.1) is 5.92 Å². The Bertz CT molecular complexity index is 402. The number of likely N-dealkylation sites (N-methyl/N-ethyl adjacent to an activating group) is 1. The normalized spacial score (nSPS) is 24.8. The number of nitrogens with two attached hydrogens (primary N) is 1. The third kappa shape index (κ3) is 2.42. The first kappa shape index (κ1) is 11.9. The molecule has 3 N–H and O–H groups in total. The van der Waals surface area contributed by atoms with Gasteiger partial charge < -0.3 is 16.0 Å². The molecular weight excluding hydrogens is 214 g/mol. The van der Waals surface area contributed by atoms with Crippen LogP contribution in [0.4, 0.5) is 5.69 Å². The molecule has 0 saturated carbocycles. The number of rotatable bonds is 2. The maximum absolute atomic E-state index is 11.8. The minimum Gasteiger partial charge on any atom is -0.399 e. The molecule has 92 valence electrons. The first-order chi connectivity index (χ1) is 8.11. The van der Waals surface area contributed by atoms with Crippen LogP contribution < -0.4 is 11.1 Å². The molecule has 0 spiro atoms. The molecule has 17 heavy (non-hydrogen) atoms. The Hall–Kier alpha value is -1.55. The second-order valence-electron chi connectivity index (χ2n) is 4.72. The zero-order valence-electron chi connectivity index (χ0n) is 10.3. The average molecular weight is 233 g/mol. The van der Waals surface area contributed by atoms with Gasteiger partial charge in [0.1, 0.15) is 0 Å². The Morgan fingerprint density at radius 1 is 1.35 bits per heavy atom. The lowest BCUT2D eigenvalue weighted by atomic mass is 9.88. The Morgan fingerprint density at radius 2 is 2.00 bits per heavy atom. The van der Waals surface area contributed by atoms with Crippen molar-refractivity contribution in [2.24, 2.45) is 5.92 Å². The highest BCUT2D eigenvalue weighted by Gasteiger charge is 2.36. The number of nitrogens with one attached hydrogen (secondary N) is 1. The average Bonchev–Trinajstić information content (AvgIpc) is 2.71. The monoisotopic (exact) mass is 233 g/mol. The Morgan fingerprint density at radius 3 is 2.59 bits per heavy atom. The van der Waals surface area contributed by atoms with Crippen LogP contribution in [-0.2, 0) is 4.79 Å². The van der Waals surface area contributed by atoms with E-state index in [0.29, 0.717) is 0 Å². The van der Waals surface area contributed by atoms with Gasteiger partial charge in [-0.1, -0.05) is 12.1 Å². The molecule has 0 aromatic heterocycles. The zero-order valence-corrected chi connectivity index (χ0v) is 10.3. The Kier molecular flexibility index (Phi) is 3.33. The van der Waals surface area contributed by atoms with Crippen molar-refractivity contribution in [2.75, 3.05) is 32.9 Å². The van der Waals surface area contributed by atoms with E-state index in [4.69, 9.17) is 5.73 Å². The van der Waals surface area contributed by atoms with Crippen LogP contribution in [0.3, 0.4) is 0 Å². The highest BCUT2D eigenvalue weighted by atomic mass is 16.1. The van der Waals surface area contributed by atoms with Gasteiger partial charge in [-0.2, -0.15) is 0 Å². The number of likely N-dealkylation sites (tertiary alicyclic amines) is 1. The van der Waals surface area contributed by atoms with E-state index in [-0.39, 0.29) is 17.7 Å². The largest absolute Gasteiger partial charge is 0.399 e. The van der Waals surface area contributed by atoms with Crippen LogP contribution >= 0.6 is 0 Å². The number of anilines is 1. The maximum atomic E-state index is 11.8. The minimum atomic E-state index is 0.0358. The predicted molar refractivity (Wildman–Crippen MR) is 68.6 cm³/mol. The Labute approximate surface area is 102 Å².